The molecule has 0 atom stereocenters. The molecule has 1 aliphatic heterocycles. The normalized spacial score (nSPS) is 13.7. The van der Waals surface area contributed by atoms with Crippen LogP contribution in [-0.2, 0) is 20.9 Å². The van der Waals surface area contributed by atoms with E-state index in [0.29, 0.717) is 18.7 Å². The number of carbonyl (C=O) groups excluding carboxylic acids is 4. The number of benzene rings is 1. The van der Waals surface area contributed by atoms with Crippen LogP contribution in [0.5, 0.6) is 0 Å². The molecule has 0 unspecified atom stereocenters. The Bertz CT molecular complexity index is 876. The molecule has 4 amide bonds. The third kappa shape index (κ3) is 5.68. The van der Waals surface area contributed by atoms with Crippen molar-refractivity contribution in [3.8, 4) is 0 Å². The van der Waals surface area contributed by atoms with E-state index in [4.69, 9.17) is 9.15 Å². The van der Waals surface area contributed by atoms with Crippen LogP contribution < -0.4 is 15.5 Å². The number of rotatable bonds is 6. The topological polar surface area (TPSA) is 118 Å². The number of anilines is 1. The van der Waals surface area contributed by atoms with Gasteiger partial charge < -0.3 is 19.4 Å². The quantitative estimate of drug-likeness (QED) is 0.717. The van der Waals surface area contributed by atoms with Crippen molar-refractivity contribution in [2.45, 2.75) is 25.8 Å². The minimum Gasteiger partial charge on any atom is -0.467 e. The number of imide groups is 1. The van der Waals surface area contributed by atoms with Gasteiger partial charge in [-0.25, -0.2) is 9.59 Å². The number of carbonyl (C=O) groups is 4. The zero-order valence-corrected chi connectivity index (χ0v) is 15.7. The number of furan rings is 1. The van der Waals surface area contributed by atoms with Crippen molar-refractivity contribution in [1.82, 2.24) is 10.6 Å². The van der Waals surface area contributed by atoms with Crippen molar-refractivity contribution in [1.29, 1.82) is 0 Å². The zero-order chi connectivity index (χ0) is 20.6. The highest BCUT2D eigenvalue weighted by Gasteiger charge is 2.20. The van der Waals surface area contributed by atoms with Crippen LogP contribution in [0.3, 0.4) is 0 Å². The second-order valence-electron chi connectivity index (χ2n) is 6.44. The Morgan fingerprint density at radius 3 is 2.59 bits per heavy atom. The molecule has 1 saturated heterocycles. The molecule has 0 bridgehead atoms. The molecule has 3 rings (SSSR count). The molecular weight excluding hydrogens is 378 g/mol. The largest absolute Gasteiger partial charge is 0.467 e. The van der Waals surface area contributed by atoms with E-state index in [9.17, 15) is 19.2 Å². The predicted molar refractivity (Wildman–Crippen MR) is 102 cm³/mol. The van der Waals surface area contributed by atoms with Gasteiger partial charge in [0.25, 0.3) is 5.91 Å². The summed E-state index contributed by atoms with van der Waals surface area (Å²) in [7, 11) is 0. The van der Waals surface area contributed by atoms with Gasteiger partial charge in [-0.2, -0.15) is 0 Å². The Labute approximate surface area is 167 Å². The summed E-state index contributed by atoms with van der Waals surface area (Å²) in [6.45, 7) is 0.182. The summed E-state index contributed by atoms with van der Waals surface area (Å²) in [6.07, 6.45) is 3.83. The first-order valence-electron chi connectivity index (χ1n) is 9.20. The number of hydrogen-bond acceptors (Lipinski definition) is 6. The summed E-state index contributed by atoms with van der Waals surface area (Å²) < 4.78 is 9.97. The Morgan fingerprint density at radius 1 is 1.10 bits per heavy atom. The minimum absolute atomic E-state index is 0.0635. The molecule has 0 aliphatic carbocycles. The standard InChI is InChI=1S/C20H21N3O6/c24-17(22-20(27)21-12-16-4-3-11-28-16)13-29-19(26)14-6-8-15(9-7-14)23-10-2-1-5-18(23)25/h3-4,6-9,11H,1-2,5,10,12-13H2,(H2,21,22,24,27). The lowest BCUT2D eigenvalue weighted by molar-refractivity contribution is -0.123. The molecule has 0 radical (unpaired) electrons. The average molecular weight is 399 g/mol. The molecule has 9 heteroatoms. The molecule has 0 spiro atoms. The average Bonchev–Trinajstić information content (AvgIpc) is 3.25. The lowest BCUT2D eigenvalue weighted by atomic mass is 10.1. The van der Waals surface area contributed by atoms with Crippen molar-refractivity contribution in [3.63, 3.8) is 0 Å². The molecule has 2 aromatic rings. The van der Waals surface area contributed by atoms with Gasteiger partial charge in [0.1, 0.15) is 5.76 Å². The first-order chi connectivity index (χ1) is 14.0. The van der Waals surface area contributed by atoms with Gasteiger partial charge in [-0.05, 0) is 49.2 Å². The van der Waals surface area contributed by atoms with Crippen LogP contribution in [0.1, 0.15) is 35.4 Å². The van der Waals surface area contributed by atoms with Crippen LogP contribution in [-0.4, -0.2) is 37.0 Å². The second-order valence-corrected chi connectivity index (χ2v) is 6.44. The van der Waals surface area contributed by atoms with Crippen molar-refractivity contribution >= 4 is 29.5 Å². The van der Waals surface area contributed by atoms with Gasteiger partial charge in [-0.1, -0.05) is 0 Å². The fourth-order valence-corrected chi connectivity index (χ4v) is 2.86. The van der Waals surface area contributed by atoms with E-state index in [2.05, 4.69) is 10.6 Å². The van der Waals surface area contributed by atoms with E-state index in [0.717, 1.165) is 18.5 Å². The third-order valence-electron chi connectivity index (χ3n) is 4.33. The van der Waals surface area contributed by atoms with Crippen molar-refractivity contribution in [2.75, 3.05) is 18.1 Å². The number of urea groups is 1. The highest BCUT2D eigenvalue weighted by atomic mass is 16.5. The molecule has 1 aromatic heterocycles. The third-order valence-corrected chi connectivity index (χ3v) is 4.33. The number of amides is 4. The molecule has 1 aliphatic rings. The van der Waals surface area contributed by atoms with E-state index in [-0.39, 0.29) is 18.0 Å². The number of piperidine rings is 1. The summed E-state index contributed by atoms with van der Waals surface area (Å²) in [5.41, 5.74) is 0.963. The smallest absolute Gasteiger partial charge is 0.338 e. The molecule has 1 fully saturated rings. The van der Waals surface area contributed by atoms with Crippen LogP contribution in [0.25, 0.3) is 0 Å². The molecule has 9 nitrogen and oxygen atoms in total. The Hall–Kier alpha value is -3.62. The maximum Gasteiger partial charge on any atom is 0.338 e. The summed E-state index contributed by atoms with van der Waals surface area (Å²) >= 11 is 0. The Morgan fingerprint density at radius 2 is 1.90 bits per heavy atom. The summed E-state index contributed by atoms with van der Waals surface area (Å²) in [5.74, 6) is -0.860. The maximum atomic E-state index is 12.1. The van der Waals surface area contributed by atoms with Crippen molar-refractivity contribution in [3.05, 3.63) is 54.0 Å². The molecular formula is C20H21N3O6. The first-order valence-corrected chi connectivity index (χ1v) is 9.20. The highest BCUT2D eigenvalue weighted by molar-refractivity contribution is 5.97. The van der Waals surface area contributed by atoms with Gasteiger partial charge in [-0.3, -0.25) is 14.9 Å². The lowest BCUT2D eigenvalue weighted by Gasteiger charge is -2.26. The second kappa shape index (κ2) is 9.54. The summed E-state index contributed by atoms with van der Waals surface area (Å²) in [6, 6.07) is 9.04. The SMILES string of the molecule is O=C(COC(=O)c1ccc(N2CCCCC2=O)cc1)NC(=O)NCc1ccco1. The lowest BCUT2D eigenvalue weighted by Crippen LogP contribution is -2.41. The molecule has 2 N–H and O–H groups in total. The monoisotopic (exact) mass is 399 g/mol. The molecule has 2 heterocycles. The van der Waals surface area contributed by atoms with Crippen LogP contribution in [0.15, 0.2) is 47.1 Å². The van der Waals surface area contributed by atoms with E-state index in [1.54, 1.807) is 29.2 Å². The van der Waals surface area contributed by atoms with E-state index in [1.165, 1.54) is 18.4 Å². The van der Waals surface area contributed by atoms with Gasteiger partial charge in [0.05, 0.1) is 18.4 Å². The van der Waals surface area contributed by atoms with E-state index >= 15 is 0 Å². The zero-order valence-electron chi connectivity index (χ0n) is 15.7. The number of hydrogen-bond donors (Lipinski definition) is 2. The number of nitrogens with one attached hydrogen (secondary N) is 2. The van der Waals surface area contributed by atoms with Crippen LogP contribution in [0.4, 0.5) is 10.5 Å². The molecule has 0 saturated carbocycles. The number of ether oxygens (including phenoxy) is 1. The fraction of sp³-hybridized carbons (Fsp3) is 0.300. The predicted octanol–water partition coefficient (Wildman–Crippen LogP) is 1.98. The van der Waals surface area contributed by atoms with Gasteiger partial charge in [0.15, 0.2) is 6.61 Å². The van der Waals surface area contributed by atoms with Crippen LogP contribution >= 0.6 is 0 Å². The van der Waals surface area contributed by atoms with Gasteiger partial charge in [0, 0.05) is 18.7 Å². The van der Waals surface area contributed by atoms with Gasteiger partial charge in [-0.15, -0.1) is 0 Å². The Balaban J connectivity index is 1.43. The summed E-state index contributed by atoms with van der Waals surface area (Å²) in [4.78, 5) is 49.1. The van der Waals surface area contributed by atoms with Crippen LogP contribution in [0, 0.1) is 0 Å². The molecule has 29 heavy (non-hydrogen) atoms. The van der Waals surface area contributed by atoms with E-state index in [1.807, 2.05) is 0 Å². The minimum atomic E-state index is -0.758. The number of nitrogens with zero attached hydrogens (tertiary/aromatic N) is 1. The van der Waals surface area contributed by atoms with E-state index < -0.39 is 24.5 Å². The van der Waals surface area contributed by atoms with Crippen molar-refractivity contribution < 1.29 is 28.3 Å². The number of esters is 1. The van der Waals surface area contributed by atoms with Crippen molar-refractivity contribution in [2.24, 2.45) is 0 Å². The summed E-state index contributed by atoms with van der Waals surface area (Å²) in [5, 5.41) is 4.49. The maximum absolute atomic E-state index is 12.1. The van der Waals surface area contributed by atoms with Gasteiger partial charge >= 0.3 is 12.0 Å². The van der Waals surface area contributed by atoms with Crippen LogP contribution in [0.2, 0.25) is 0 Å². The Kier molecular flexibility index (Phi) is 6.62. The fourth-order valence-electron chi connectivity index (χ4n) is 2.86. The highest BCUT2D eigenvalue weighted by Crippen LogP contribution is 2.21. The first kappa shape index (κ1) is 20.1. The van der Waals surface area contributed by atoms with Gasteiger partial charge in [0.2, 0.25) is 5.91 Å². The molecule has 1 aromatic carbocycles. The molecule has 152 valence electrons.